The Kier molecular flexibility index (Phi) is 3.03. The van der Waals surface area contributed by atoms with Gasteiger partial charge in [-0.2, -0.15) is 13.2 Å². The first-order chi connectivity index (χ1) is 8.19. The highest BCUT2D eigenvalue weighted by atomic mass is 19.4. The molecular formula is C13H16F3NO. The number of ether oxygens (including phenoxy) is 1. The summed E-state index contributed by atoms with van der Waals surface area (Å²) in [6.45, 7) is 5.59. The Morgan fingerprint density at radius 3 is 2.28 bits per heavy atom. The summed E-state index contributed by atoms with van der Waals surface area (Å²) in [5.41, 5.74) is -0.772. The molecule has 0 atom stereocenters. The van der Waals surface area contributed by atoms with Crippen molar-refractivity contribution in [2.75, 3.05) is 0 Å². The zero-order valence-corrected chi connectivity index (χ0v) is 10.6. The average molecular weight is 259 g/mol. The normalized spacial score (nSPS) is 16.8. The monoisotopic (exact) mass is 259 g/mol. The molecule has 18 heavy (non-hydrogen) atoms. The number of hydrogen-bond acceptors (Lipinski definition) is 2. The van der Waals surface area contributed by atoms with Crippen molar-refractivity contribution in [2.24, 2.45) is 0 Å². The van der Waals surface area contributed by atoms with Crippen LogP contribution < -0.4 is 4.74 Å². The molecule has 2 rings (SSSR count). The maximum Gasteiger partial charge on any atom is 0.437 e. The summed E-state index contributed by atoms with van der Waals surface area (Å²) < 4.78 is 44.3. The molecule has 1 aromatic heterocycles. The minimum absolute atomic E-state index is 0.0867. The van der Waals surface area contributed by atoms with E-state index < -0.39 is 17.3 Å². The first-order valence-electron chi connectivity index (χ1n) is 5.93. The fraction of sp³-hybridized carbons (Fsp3) is 0.615. The van der Waals surface area contributed by atoms with Gasteiger partial charge in [0.05, 0.1) is 6.10 Å². The van der Waals surface area contributed by atoms with E-state index >= 15 is 0 Å². The molecule has 100 valence electrons. The molecule has 1 aliphatic carbocycles. The van der Waals surface area contributed by atoms with Gasteiger partial charge in [0.2, 0.25) is 0 Å². The predicted molar refractivity (Wildman–Crippen MR) is 61.6 cm³/mol. The zero-order valence-electron chi connectivity index (χ0n) is 10.6. The minimum Gasteiger partial charge on any atom is -0.488 e. The molecule has 0 saturated heterocycles. The van der Waals surface area contributed by atoms with Crippen molar-refractivity contribution in [3.63, 3.8) is 0 Å². The summed E-state index contributed by atoms with van der Waals surface area (Å²) in [5, 5.41) is 0. The summed E-state index contributed by atoms with van der Waals surface area (Å²) in [4.78, 5) is 3.45. The van der Waals surface area contributed by atoms with Crippen LogP contribution in [-0.2, 0) is 11.6 Å². The van der Waals surface area contributed by atoms with Gasteiger partial charge in [-0.3, -0.25) is 0 Å². The highest BCUT2D eigenvalue weighted by molar-refractivity contribution is 5.43. The number of aromatic nitrogens is 1. The smallest absolute Gasteiger partial charge is 0.437 e. The van der Waals surface area contributed by atoms with Gasteiger partial charge in [0.1, 0.15) is 0 Å². The van der Waals surface area contributed by atoms with Crippen molar-refractivity contribution in [2.45, 2.75) is 51.3 Å². The lowest BCUT2D eigenvalue weighted by atomic mass is 9.86. The first-order valence-corrected chi connectivity index (χ1v) is 5.93. The molecule has 0 aliphatic heterocycles. The molecule has 0 unspecified atom stereocenters. The van der Waals surface area contributed by atoms with Crippen molar-refractivity contribution in [3.8, 4) is 5.75 Å². The van der Waals surface area contributed by atoms with Crippen LogP contribution in [0.15, 0.2) is 12.3 Å². The maximum atomic E-state index is 12.9. The van der Waals surface area contributed by atoms with E-state index in [0.717, 1.165) is 12.8 Å². The molecule has 2 nitrogen and oxygen atoms in total. The third kappa shape index (κ3) is 2.76. The third-order valence-corrected chi connectivity index (χ3v) is 2.79. The predicted octanol–water partition coefficient (Wildman–Crippen LogP) is 3.94. The molecule has 1 heterocycles. The molecule has 1 fully saturated rings. The molecule has 1 saturated carbocycles. The van der Waals surface area contributed by atoms with Crippen molar-refractivity contribution in [3.05, 3.63) is 23.5 Å². The lowest BCUT2D eigenvalue weighted by molar-refractivity contribution is -0.142. The Bertz CT molecular complexity index is 412. The van der Waals surface area contributed by atoms with Crippen LogP contribution in [0.3, 0.4) is 0 Å². The van der Waals surface area contributed by atoms with Crippen LogP contribution in [0.4, 0.5) is 13.2 Å². The van der Waals surface area contributed by atoms with Gasteiger partial charge in [-0.25, -0.2) is 4.98 Å². The van der Waals surface area contributed by atoms with Crippen LogP contribution in [0.25, 0.3) is 0 Å². The Morgan fingerprint density at radius 2 is 1.83 bits per heavy atom. The molecule has 0 aromatic carbocycles. The van der Waals surface area contributed by atoms with Gasteiger partial charge in [-0.15, -0.1) is 0 Å². The summed E-state index contributed by atoms with van der Waals surface area (Å²) in [5.74, 6) is -0.0972. The lowest BCUT2D eigenvalue weighted by Gasteiger charge is -2.24. The summed E-state index contributed by atoms with van der Waals surface area (Å²) in [6.07, 6.45) is -1.74. The Balaban J connectivity index is 2.52. The molecule has 1 aromatic rings. The average Bonchev–Trinajstić information content (AvgIpc) is 2.98. The van der Waals surface area contributed by atoms with E-state index in [9.17, 15) is 13.2 Å². The molecule has 0 N–H and O–H groups in total. The number of alkyl halides is 3. The van der Waals surface area contributed by atoms with Crippen LogP contribution in [0, 0.1) is 0 Å². The largest absolute Gasteiger partial charge is 0.488 e. The van der Waals surface area contributed by atoms with E-state index in [1.54, 1.807) is 6.07 Å². The lowest BCUT2D eigenvalue weighted by Crippen LogP contribution is -2.19. The van der Waals surface area contributed by atoms with Gasteiger partial charge < -0.3 is 4.74 Å². The Morgan fingerprint density at radius 1 is 1.22 bits per heavy atom. The second kappa shape index (κ2) is 4.14. The van der Waals surface area contributed by atoms with Gasteiger partial charge in [0.15, 0.2) is 11.4 Å². The van der Waals surface area contributed by atoms with Crippen LogP contribution in [0.5, 0.6) is 5.75 Å². The number of pyridine rings is 1. The number of halogens is 3. The van der Waals surface area contributed by atoms with Crippen molar-refractivity contribution in [1.82, 2.24) is 4.98 Å². The fourth-order valence-corrected chi connectivity index (χ4v) is 1.71. The van der Waals surface area contributed by atoms with E-state index in [1.165, 1.54) is 6.20 Å². The third-order valence-electron chi connectivity index (χ3n) is 2.79. The standard InChI is InChI=1S/C13H16F3NO/c1-12(2,3)9-6-7-17-11(13(14,15)16)10(9)18-8-4-5-8/h6-8H,4-5H2,1-3H3. The maximum absolute atomic E-state index is 12.9. The molecule has 0 spiro atoms. The minimum atomic E-state index is -4.48. The molecule has 0 radical (unpaired) electrons. The fourth-order valence-electron chi connectivity index (χ4n) is 1.71. The van der Waals surface area contributed by atoms with Crippen LogP contribution in [0.2, 0.25) is 0 Å². The Hall–Kier alpha value is -1.26. The second-order valence-corrected chi connectivity index (χ2v) is 5.60. The van der Waals surface area contributed by atoms with E-state index in [-0.39, 0.29) is 11.9 Å². The summed E-state index contributed by atoms with van der Waals surface area (Å²) >= 11 is 0. The highest BCUT2D eigenvalue weighted by Crippen LogP contribution is 2.42. The van der Waals surface area contributed by atoms with E-state index in [4.69, 9.17) is 4.74 Å². The highest BCUT2D eigenvalue weighted by Gasteiger charge is 2.40. The molecule has 1 aliphatic rings. The van der Waals surface area contributed by atoms with E-state index in [0.29, 0.717) is 5.56 Å². The van der Waals surface area contributed by atoms with Crippen LogP contribution in [0.1, 0.15) is 44.9 Å². The Labute approximate surface area is 104 Å². The van der Waals surface area contributed by atoms with Gasteiger partial charge in [0.25, 0.3) is 0 Å². The van der Waals surface area contributed by atoms with Crippen molar-refractivity contribution >= 4 is 0 Å². The van der Waals surface area contributed by atoms with E-state index in [1.807, 2.05) is 20.8 Å². The number of hydrogen-bond donors (Lipinski definition) is 0. The zero-order chi connectivity index (χ0) is 13.6. The number of rotatable bonds is 2. The second-order valence-electron chi connectivity index (χ2n) is 5.60. The van der Waals surface area contributed by atoms with Crippen molar-refractivity contribution in [1.29, 1.82) is 0 Å². The molecule has 0 bridgehead atoms. The number of nitrogens with zero attached hydrogens (tertiary/aromatic N) is 1. The van der Waals surface area contributed by atoms with Crippen LogP contribution >= 0.6 is 0 Å². The molecule has 5 heteroatoms. The SMILES string of the molecule is CC(C)(C)c1ccnc(C(F)(F)F)c1OC1CC1. The van der Waals surface area contributed by atoms with Gasteiger partial charge in [-0.05, 0) is 24.3 Å². The topological polar surface area (TPSA) is 22.1 Å². The first kappa shape index (κ1) is 13.2. The van der Waals surface area contributed by atoms with Gasteiger partial charge >= 0.3 is 6.18 Å². The quantitative estimate of drug-likeness (QED) is 0.802. The van der Waals surface area contributed by atoms with E-state index in [2.05, 4.69) is 4.98 Å². The molecule has 0 amide bonds. The summed E-state index contributed by atoms with van der Waals surface area (Å²) in [7, 11) is 0. The van der Waals surface area contributed by atoms with Crippen LogP contribution in [-0.4, -0.2) is 11.1 Å². The van der Waals surface area contributed by atoms with Crippen molar-refractivity contribution < 1.29 is 17.9 Å². The van der Waals surface area contributed by atoms with Gasteiger partial charge in [-0.1, -0.05) is 20.8 Å². The van der Waals surface area contributed by atoms with Gasteiger partial charge in [0, 0.05) is 11.8 Å². The molecular weight excluding hydrogens is 243 g/mol. The summed E-state index contributed by atoms with van der Waals surface area (Å²) in [6, 6.07) is 1.60.